The van der Waals surface area contributed by atoms with Gasteiger partial charge in [-0.1, -0.05) is 0 Å². The highest BCUT2D eigenvalue weighted by Crippen LogP contribution is 2.17. The fraction of sp³-hybridized carbons (Fsp3) is 0.500. The van der Waals surface area contributed by atoms with E-state index >= 15 is 0 Å². The molecule has 1 fully saturated rings. The van der Waals surface area contributed by atoms with Crippen molar-refractivity contribution in [2.45, 2.75) is 19.3 Å². The second-order valence-electron chi connectivity index (χ2n) is 5.17. The van der Waals surface area contributed by atoms with Crippen LogP contribution in [0.5, 0.6) is 0 Å². The van der Waals surface area contributed by atoms with E-state index in [0.29, 0.717) is 5.92 Å². The van der Waals surface area contributed by atoms with Gasteiger partial charge in [0.15, 0.2) is 5.82 Å². The van der Waals surface area contributed by atoms with Gasteiger partial charge in [-0.3, -0.25) is 4.98 Å². The number of hydrogen-bond acceptors (Lipinski definition) is 4. The summed E-state index contributed by atoms with van der Waals surface area (Å²) >= 11 is 0. The quantitative estimate of drug-likeness (QED) is 0.903. The fourth-order valence-electron chi connectivity index (χ4n) is 2.62. The average Bonchev–Trinajstić information content (AvgIpc) is 2.86. The number of rotatable bonds is 3. The molecule has 1 N–H and O–H groups in total. The lowest BCUT2D eigenvalue weighted by Gasteiger charge is -2.22. The van der Waals surface area contributed by atoms with Crippen molar-refractivity contribution < 1.29 is 0 Å². The Balaban J connectivity index is 1.78. The van der Waals surface area contributed by atoms with Gasteiger partial charge < -0.3 is 9.88 Å². The maximum atomic E-state index is 4.70. The van der Waals surface area contributed by atoms with Crippen LogP contribution in [0.4, 0.5) is 0 Å². The van der Waals surface area contributed by atoms with Crippen molar-refractivity contribution in [2.75, 3.05) is 13.1 Å². The third-order valence-corrected chi connectivity index (χ3v) is 3.63. The summed E-state index contributed by atoms with van der Waals surface area (Å²) < 4.78 is 1.97. The maximum absolute atomic E-state index is 4.70. The normalized spacial score (nSPS) is 19.5. The molecule has 3 rings (SSSR count). The van der Waals surface area contributed by atoms with Gasteiger partial charge in [-0.05, 0) is 38.3 Å². The van der Waals surface area contributed by atoms with E-state index in [1.54, 1.807) is 12.4 Å². The van der Waals surface area contributed by atoms with Gasteiger partial charge in [-0.15, -0.1) is 0 Å². The van der Waals surface area contributed by atoms with E-state index in [0.717, 1.165) is 36.7 Å². The lowest BCUT2D eigenvalue weighted by atomic mass is 9.95. The SMILES string of the molecule is Cn1ccnc1-c1cncc(C[C@H]2CCCNC2)n1. The van der Waals surface area contributed by atoms with E-state index in [-0.39, 0.29) is 0 Å². The Labute approximate surface area is 113 Å². The summed E-state index contributed by atoms with van der Waals surface area (Å²) in [5, 5.41) is 3.44. The molecule has 2 aromatic heterocycles. The molecule has 0 spiro atoms. The Bertz CT molecular complexity index is 542. The van der Waals surface area contributed by atoms with Crippen LogP contribution in [-0.4, -0.2) is 32.6 Å². The highest BCUT2D eigenvalue weighted by atomic mass is 15.1. The van der Waals surface area contributed by atoms with E-state index < -0.39 is 0 Å². The molecule has 2 aromatic rings. The first kappa shape index (κ1) is 12.3. The van der Waals surface area contributed by atoms with E-state index in [2.05, 4.69) is 15.3 Å². The minimum atomic E-state index is 0.680. The van der Waals surface area contributed by atoms with Crippen LogP contribution in [0.25, 0.3) is 11.5 Å². The van der Waals surface area contributed by atoms with Crippen molar-refractivity contribution >= 4 is 0 Å². The average molecular weight is 257 g/mol. The minimum absolute atomic E-state index is 0.680. The van der Waals surface area contributed by atoms with Crippen LogP contribution in [0.3, 0.4) is 0 Å². The van der Waals surface area contributed by atoms with Crippen molar-refractivity contribution in [3.63, 3.8) is 0 Å². The summed E-state index contributed by atoms with van der Waals surface area (Å²) in [4.78, 5) is 13.3. The molecular weight excluding hydrogens is 238 g/mol. The Morgan fingerprint density at radius 3 is 3.11 bits per heavy atom. The molecule has 1 aliphatic heterocycles. The van der Waals surface area contributed by atoms with E-state index in [9.17, 15) is 0 Å². The first-order valence-corrected chi connectivity index (χ1v) is 6.82. The van der Waals surface area contributed by atoms with Crippen molar-refractivity contribution in [1.82, 2.24) is 24.8 Å². The largest absolute Gasteiger partial charge is 0.333 e. The van der Waals surface area contributed by atoms with Crippen molar-refractivity contribution in [3.8, 4) is 11.5 Å². The van der Waals surface area contributed by atoms with Crippen molar-refractivity contribution in [1.29, 1.82) is 0 Å². The summed E-state index contributed by atoms with van der Waals surface area (Å²) in [5.41, 5.74) is 1.92. The molecule has 0 saturated carbocycles. The molecule has 3 heterocycles. The lowest BCUT2D eigenvalue weighted by Crippen LogP contribution is -2.31. The van der Waals surface area contributed by atoms with E-state index in [1.165, 1.54) is 12.8 Å². The fourth-order valence-corrected chi connectivity index (χ4v) is 2.62. The Morgan fingerprint density at radius 2 is 2.37 bits per heavy atom. The van der Waals surface area contributed by atoms with Gasteiger partial charge in [0.25, 0.3) is 0 Å². The standard InChI is InChI=1S/C14H19N5/c1-19-6-5-17-14(19)13-10-16-9-12(18-13)7-11-3-2-4-15-8-11/h5-6,9-11,15H,2-4,7-8H2,1H3/t11-/m1/s1. The Hall–Kier alpha value is -1.75. The predicted molar refractivity (Wildman–Crippen MR) is 73.5 cm³/mol. The number of aromatic nitrogens is 4. The van der Waals surface area contributed by atoms with Crippen LogP contribution >= 0.6 is 0 Å². The summed E-state index contributed by atoms with van der Waals surface area (Å²) in [6.07, 6.45) is 10.9. The van der Waals surface area contributed by atoms with Crippen LogP contribution < -0.4 is 5.32 Å². The number of nitrogens with zero attached hydrogens (tertiary/aromatic N) is 4. The van der Waals surface area contributed by atoms with Crippen molar-refractivity contribution in [2.24, 2.45) is 13.0 Å². The van der Waals surface area contributed by atoms with Gasteiger partial charge in [0, 0.05) is 25.6 Å². The molecule has 1 aliphatic rings. The highest BCUT2D eigenvalue weighted by Gasteiger charge is 2.15. The van der Waals surface area contributed by atoms with E-state index in [1.807, 2.05) is 24.0 Å². The third kappa shape index (κ3) is 2.81. The van der Waals surface area contributed by atoms with Gasteiger partial charge in [-0.2, -0.15) is 0 Å². The number of imidazole rings is 1. The van der Waals surface area contributed by atoms with Crippen LogP contribution in [0.1, 0.15) is 18.5 Å². The Morgan fingerprint density at radius 1 is 1.42 bits per heavy atom. The third-order valence-electron chi connectivity index (χ3n) is 3.63. The highest BCUT2D eigenvalue weighted by molar-refractivity contribution is 5.47. The molecule has 0 unspecified atom stereocenters. The summed E-state index contributed by atoms with van der Waals surface area (Å²) in [5.74, 6) is 1.55. The van der Waals surface area contributed by atoms with Gasteiger partial charge in [-0.25, -0.2) is 9.97 Å². The topological polar surface area (TPSA) is 55.6 Å². The van der Waals surface area contributed by atoms with Crippen molar-refractivity contribution in [3.05, 3.63) is 30.5 Å². The smallest absolute Gasteiger partial charge is 0.159 e. The zero-order chi connectivity index (χ0) is 13.1. The molecule has 0 bridgehead atoms. The number of nitrogens with one attached hydrogen (secondary N) is 1. The molecule has 0 aliphatic carbocycles. The summed E-state index contributed by atoms with van der Waals surface area (Å²) in [7, 11) is 1.97. The molecule has 0 radical (unpaired) electrons. The Kier molecular flexibility index (Phi) is 3.55. The molecular formula is C14H19N5. The molecule has 0 aromatic carbocycles. The second-order valence-corrected chi connectivity index (χ2v) is 5.17. The second kappa shape index (κ2) is 5.48. The summed E-state index contributed by atoms with van der Waals surface area (Å²) in [6.45, 7) is 2.24. The molecule has 19 heavy (non-hydrogen) atoms. The molecule has 5 heteroatoms. The monoisotopic (exact) mass is 257 g/mol. The van der Waals surface area contributed by atoms with Crippen LogP contribution in [0.15, 0.2) is 24.8 Å². The lowest BCUT2D eigenvalue weighted by molar-refractivity contribution is 0.373. The molecule has 0 amide bonds. The van der Waals surface area contributed by atoms with Gasteiger partial charge in [0.2, 0.25) is 0 Å². The summed E-state index contributed by atoms with van der Waals surface area (Å²) in [6, 6.07) is 0. The van der Waals surface area contributed by atoms with Gasteiger partial charge >= 0.3 is 0 Å². The molecule has 1 atom stereocenters. The molecule has 100 valence electrons. The van der Waals surface area contributed by atoms with E-state index in [4.69, 9.17) is 4.98 Å². The van der Waals surface area contributed by atoms with Gasteiger partial charge in [0.05, 0.1) is 11.9 Å². The first-order chi connectivity index (χ1) is 9.33. The molecule has 5 nitrogen and oxygen atoms in total. The number of aryl methyl sites for hydroxylation is 1. The zero-order valence-electron chi connectivity index (χ0n) is 11.2. The van der Waals surface area contributed by atoms with Crippen LogP contribution in [0.2, 0.25) is 0 Å². The van der Waals surface area contributed by atoms with Gasteiger partial charge in [0.1, 0.15) is 5.69 Å². The maximum Gasteiger partial charge on any atom is 0.159 e. The van der Waals surface area contributed by atoms with Crippen LogP contribution in [0, 0.1) is 5.92 Å². The first-order valence-electron chi connectivity index (χ1n) is 6.82. The molecule has 1 saturated heterocycles. The number of hydrogen-bond donors (Lipinski definition) is 1. The zero-order valence-corrected chi connectivity index (χ0v) is 11.2. The minimum Gasteiger partial charge on any atom is -0.333 e. The number of piperidine rings is 1. The predicted octanol–water partition coefficient (Wildman–Crippen LogP) is 1.42. The van der Waals surface area contributed by atoms with Crippen LogP contribution in [-0.2, 0) is 13.5 Å².